The summed E-state index contributed by atoms with van der Waals surface area (Å²) in [4.78, 5) is 29.4. The van der Waals surface area contributed by atoms with Gasteiger partial charge in [-0.05, 0) is 56.1 Å². The van der Waals surface area contributed by atoms with E-state index in [1.54, 1.807) is 6.07 Å². The van der Waals surface area contributed by atoms with E-state index in [9.17, 15) is 23.1 Å². The van der Waals surface area contributed by atoms with Gasteiger partial charge < -0.3 is 20.2 Å². The minimum absolute atomic E-state index is 0.0540. The number of likely N-dealkylation sites (N-methyl/N-ethyl adjacent to an activating group) is 1. The van der Waals surface area contributed by atoms with Gasteiger partial charge in [0, 0.05) is 60.4 Å². The van der Waals surface area contributed by atoms with Crippen LogP contribution in [0, 0.1) is 0 Å². The van der Waals surface area contributed by atoms with E-state index in [4.69, 9.17) is 0 Å². The van der Waals surface area contributed by atoms with Gasteiger partial charge in [0.05, 0.1) is 23.2 Å². The fourth-order valence-electron chi connectivity index (χ4n) is 5.49. The molecule has 8 nitrogen and oxygen atoms in total. The molecule has 0 bridgehead atoms. The lowest BCUT2D eigenvalue weighted by Gasteiger charge is -2.40. The Balaban J connectivity index is 1.30. The minimum Gasteiger partial charge on any atom is -0.395 e. The molecule has 6 rings (SSSR count). The largest absolute Gasteiger partial charge is 0.420 e. The number of fused-ring (bicyclic) bond motifs is 1. The number of hydrogen-bond acceptors (Lipinski definition) is 9. The highest BCUT2D eigenvalue weighted by Crippen LogP contribution is 2.44. The van der Waals surface area contributed by atoms with Crippen molar-refractivity contribution in [2.24, 2.45) is 0 Å². The first kappa shape index (κ1) is 29.2. The number of piperazine rings is 1. The summed E-state index contributed by atoms with van der Waals surface area (Å²) in [6, 6.07) is 7.90. The maximum atomic E-state index is 14.1. The normalized spacial score (nSPS) is 20.0. The van der Waals surface area contributed by atoms with Crippen molar-refractivity contribution in [2.75, 3.05) is 55.8 Å². The van der Waals surface area contributed by atoms with Gasteiger partial charge in [0.15, 0.2) is 0 Å². The number of thiophene rings is 1. The van der Waals surface area contributed by atoms with Gasteiger partial charge in [0.1, 0.15) is 10.4 Å². The van der Waals surface area contributed by atoms with Crippen LogP contribution in [0.25, 0.3) is 10.6 Å². The molecule has 224 valence electrons. The molecule has 2 aliphatic heterocycles. The third-order valence-electron chi connectivity index (χ3n) is 8.13. The molecule has 1 aromatic carbocycles. The summed E-state index contributed by atoms with van der Waals surface area (Å²) in [6.07, 6.45) is -1.20. The quantitative estimate of drug-likeness (QED) is 0.367. The lowest BCUT2D eigenvalue weighted by molar-refractivity contribution is -0.137. The number of anilines is 3. The predicted octanol–water partition coefficient (Wildman–Crippen LogP) is 5.35. The van der Waals surface area contributed by atoms with Gasteiger partial charge in [-0.25, -0.2) is 9.97 Å². The van der Waals surface area contributed by atoms with Crippen LogP contribution < -0.4 is 10.2 Å². The fourth-order valence-corrected chi connectivity index (χ4v) is 7.81. The maximum Gasteiger partial charge on any atom is 0.420 e. The number of thioether (sulfide) groups is 1. The molecule has 2 N–H and O–H groups in total. The second-order valence-corrected chi connectivity index (χ2v) is 13.1. The van der Waals surface area contributed by atoms with E-state index in [1.807, 2.05) is 31.0 Å². The average molecular weight is 619 g/mol. The van der Waals surface area contributed by atoms with Crippen molar-refractivity contribution in [3.05, 3.63) is 46.5 Å². The molecule has 1 saturated heterocycles. The maximum absolute atomic E-state index is 14.1. The van der Waals surface area contributed by atoms with Gasteiger partial charge in [0.2, 0.25) is 5.95 Å². The van der Waals surface area contributed by atoms with E-state index in [0.717, 1.165) is 54.7 Å². The highest BCUT2D eigenvalue weighted by atomic mass is 32.2. The van der Waals surface area contributed by atoms with Crippen LogP contribution >= 0.6 is 23.1 Å². The predicted molar refractivity (Wildman–Crippen MR) is 160 cm³/mol. The van der Waals surface area contributed by atoms with E-state index in [-0.39, 0.29) is 36.2 Å². The number of alkyl halides is 3. The number of aliphatic hydroxyl groups excluding tert-OH is 1. The number of amides is 1. The highest BCUT2D eigenvalue weighted by molar-refractivity contribution is 7.99. The first-order chi connectivity index (χ1) is 20.2. The monoisotopic (exact) mass is 618 g/mol. The molecule has 0 unspecified atom stereocenters. The van der Waals surface area contributed by atoms with E-state index in [1.165, 1.54) is 11.8 Å². The van der Waals surface area contributed by atoms with Gasteiger partial charge in [-0.2, -0.15) is 13.2 Å². The van der Waals surface area contributed by atoms with E-state index >= 15 is 0 Å². The van der Waals surface area contributed by atoms with Crippen molar-refractivity contribution in [1.29, 1.82) is 0 Å². The Morgan fingerprint density at radius 3 is 2.69 bits per heavy atom. The molecular formula is C29H33F3N6O2S2. The Bertz CT molecular complexity index is 1480. The van der Waals surface area contributed by atoms with Crippen molar-refractivity contribution in [1.82, 2.24) is 19.8 Å². The summed E-state index contributed by atoms with van der Waals surface area (Å²) in [5.41, 5.74) is 1.56. The third kappa shape index (κ3) is 5.84. The number of nitrogens with one attached hydrogen (secondary N) is 1. The number of carbonyl (C=O) groups excluding carboxylic acids is 1. The Morgan fingerprint density at radius 2 is 1.98 bits per heavy atom. The van der Waals surface area contributed by atoms with Crippen LogP contribution in [0.15, 0.2) is 35.4 Å². The van der Waals surface area contributed by atoms with Gasteiger partial charge in [-0.1, -0.05) is 6.92 Å². The molecular weight excluding hydrogens is 585 g/mol. The Morgan fingerprint density at radius 1 is 1.17 bits per heavy atom. The van der Waals surface area contributed by atoms with Gasteiger partial charge in [-0.15, -0.1) is 23.1 Å². The van der Waals surface area contributed by atoms with E-state index < -0.39 is 11.7 Å². The molecule has 3 aliphatic rings. The zero-order valence-corrected chi connectivity index (χ0v) is 25.1. The first-order valence-electron chi connectivity index (χ1n) is 14.1. The number of hydrogen-bond donors (Lipinski definition) is 2. The SMILES string of the molecule is CCc1cc(N2CCN(C)[C@@H](CO)C2)ccc1Nc1ncc(C(F)(F)F)c(-c2cc3c(s2)C(=O)N(C2CC2)CCS3)n1. The van der Waals surface area contributed by atoms with Crippen molar-refractivity contribution in [2.45, 2.75) is 49.3 Å². The number of nitrogens with zero attached hydrogens (tertiary/aromatic N) is 5. The number of aryl methyl sites for hydroxylation is 1. The topological polar surface area (TPSA) is 84.8 Å². The zero-order chi connectivity index (χ0) is 29.6. The molecule has 42 heavy (non-hydrogen) atoms. The molecule has 4 heterocycles. The molecule has 1 saturated carbocycles. The molecule has 2 aromatic heterocycles. The molecule has 0 spiro atoms. The van der Waals surface area contributed by atoms with Crippen LogP contribution in [-0.4, -0.2) is 88.5 Å². The molecule has 1 amide bonds. The summed E-state index contributed by atoms with van der Waals surface area (Å²) < 4.78 is 42.3. The van der Waals surface area contributed by atoms with Crippen LogP contribution in [0.4, 0.5) is 30.5 Å². The van der Waals surface area contributed by atoms with Crippen molar-refractivity contribution >= 4 is 46.3 Å². The Labute approximate surface area is 250 Å². The molecule has 3 aromatic rings. The fraction of sp³-hybridized carbons (Fsp3) is 0.483. The first-order valence-corrected chi connectivity index (χ1v) is 15.9. The summed E-state index contributed by atoms with van der Waals surface area (Å²) in [5, 5.41) is 12.9. The van der Waals surface area contributed by atoms with E-state index in [2.05, 4.69) is 31.2 Å². The number of rotatable bonds is 7. The lowest BCUT2D eigenvalue weighted by Crippen LogP contribution is -2.53. The number of aliphatic hydroxyl groups is 1. The summed E-state index contributed by atoms with van der Waals surface area (Å²) in [7, 11) is 2.01. The molecule has 0 radical (unpaired) electrons. The summed E-state index contributed by atoms with van der Waals surface area (Å²) in [6.45, 7) is 5.12. The Hall–Kier alpha value is -2.87. The average Bonchev–Trinajstić information content (AvgIpc) is 3.75. The second kappa shape index (κ2) is 11.7. The number of halogens is 3. The van der Waals surface area contributed by atoms with Gasteiger partial charge >= 0.3 is 6.18 Å². The lowest BCUT2D eigenvalue weighted by atomic mass is 10.1. The standard InChI is InChI=1S/C29H33F3N6O2S2/c1-3-17-12-19(37-9-8-36(2)20(15-37)16-39)6-7-22(17)34-28-33-14-21(29(30,31)32)25(35-28)23-13-24-26(42-23)27(40)38(10-11-41-24)18-4-5-18/h6-7,12-14,18,20,39H,3-5,8-11,15-16H2,1-2H3,(H,33,34,35)/t20-/m1/s1. The van der Waals surface area contributed by atoms with Crippen LogP contribution in [-0.2, 0) is 12.6 Å². The number of benzene rings is 1. The molecule has 1 atom stereocenters. The van der Waals surface area contributed by atoms with Crippen molar-refractivity contribution < 1.29 is 23.1 Å². The van der Waals surface area contributed by atoms with Crippen LogP contribution in [0.1, 0.15) is 40.6 Å². The second-order valence-electron chi connectivity index (χ2n) is 10.9. The van der Waals surface area contributed by atoms with Crippen LogP contribution in [0.5, 0.6) is 0 Å². The Kier molecular flexibility index (Phi) is 8.11. The minimum atomic E-state index is -4.66. The van der Waals surface area contributed by atoms with Crippen molar-refractivity contribution in [3.8, 4) is 10.6 Å². The molecule has 1 aliphatic carbocycles. The number of aromatic nitrogens is 2. The highest BCUT2D eigenvalue weighted by Gasteiger charge is 2.39. The van der Waals surface area contributed by atoms with Crippen LogP contribution in [0.2, 0.25) is 0 Å². The van der Waals surface area contributed by atoms with Crippen molar-refractivity contribution in [3.63, 3.8) is 0 Å². The van der Waals surface area contributed by atoms with E-state index in [0.29, 0.717) is 45.6 Å². The summed E-state index contributed by atoms with van der Waals surface area (Å²) >= 11 is 2.58. The van der Waals surface area contributed by atoms with Crippen LogP contribution in [0.3, 0.4) is 0 Å². The summed E-state index contributed by atoms with van der Waals surface area (Å²) in [5.74, 6) is 0.661. The van der Waals surface area contributed by atoms with Gasteiger partial charge in [-0.3, -0.25) is 9.69 Å². The zero-order valence-electron chi connectivity index (χ0n) is 23.4. The smallest absolute Gasteiger partial charge is 0.395 e. The third-order valence-corrected chi connectivity index (χ3v) is 10.4. The number of carbonyl (C=O) groups is 1. The van der Waals surface area contributed by atoms with Gasteiger partial charge in [0.25, 0.3) is 5.91 Å². The molecule has 13 heteroatoms. The molecule has 2 fully saturated rings.